The van der Waals surface area contributed by atoms with Crippen molar-refractivity contribution in [2.45, 2.75) is 26.9 Å². The lowest BCUT2D eigenvalue weighted by Crippen LogP contribution is -2.44. The van der Waals surface area contributed by atoms with Crippen molar-refractivity contribution in [3.05, 3.63) is 60.2 Å². The smallest absolute Gasteiger partial charge is 0.252 e. The largest absolute Gasteiger partial charge is 0.330 e. The van der Waals surface area contributed by atoms with Gasteiger partial charge in [0.15, 0.2) is 6.19 Å². The van der Waals surface area contributed by atoms with Crippen LogP contribution in [0.2, 0.25) is 0 Å². The molecule has 0 fully saturated rings. The number of amides is 1. The molecule has 1 aromatic heterocycles. The van der Waals surface area contributed by atoms with Gasteiger partial charge in [0.2, 0.25) is 5.96 Å². The summed E-state index contributed by atoms with van der Waals surface area (Å²) < 4.78 is 13.1. The van der Waals surface area contributed by atoms with Gasteiger partial charge in [-0.15, -0.1) is 0 Å². The first kappa shape index (κ1) is 19.8. The first-order valence-corrected chi connectivity index (χ1v) is 8.26. The van der Waals surface area contributed by atoms with Gasteiger partial charge >= 0.3 is 0 Å². The van der Waals surface area contributed by atoms with Crippen LogP contribution in [0.25, 0.3) is 0 Å². The Balaban J connectivity index is 2.25. The van der Waals surface area contributed by atoms with E-state index in [-0.39, 0.29) is 5.96 Å². The monoisotopic (exact) mass is 368 g/mol. The molecule has 1 unspecified atom stereocenters. The van der Waals surface area contributed by atoms with Crippen molar-refractivity contribution in [2.24, 2.45) is 10.4 Å². The fourth-order valence-electron chi connectivity index (χ4n) is 2.10. The van der Waals surface area contributed by atoms with Gasteiger partial charge in [-0.3, -0.25) is 15.1 Å². The highest BCUT2D eigenvalue weighted by Crippen LogP contribution is 2.21. The minimum absolute atomic E-state index is 0.171. The number of hydrogen-bond donors (Lipinski definition) is 3. The molecule has 27 heavy (non-hydrogen) atoms. The van der Waals surface area contributed by atoms with Crippen LogP contribution in [0.5, 0.6) is 0 Å². The second kappa shape index (κ2) is 8.76. The Bertz CT molecular complexity index is 837. The van der Waals surface area contributed by atoms with Crippen LogP contribution in [0, 0.1) is 22.7 Å². The normalized spacial score (nSPS) is 12.6. The molecule has 0 spiro atoms. The van der Waals surface area contributed by atoms with Crippen LogP contribution in [0.1, 0.15) is 31.1 Å². The number of aromatic nitrogens is 1. The van der Waals surface area contributed by atoms with E-state index in [1.54, 1.807) is 24.5 Å². The second-order valence-electron chi connectivity index (χ2n) is 6.83. The number of guanidine groups is 1. The van der Waals surface area contributed by atoms with Crippen LogP contribution in [0.4, 0.5) is 10.1 Å². The Hall–Kier alpha value is -3.47. The van der Waals surface area contributed by atoms with Gasteiger partial charge in [0.25, 0.3) is 5.91 Å². The van der Waals surface area contributed by atoms with Crippen LogP contribution >= 0.6 is 0 Å². The van der Waals surface area contributed by atoms with Crippen LogP contribution in [-0.4, -0.2) is 23.0 Å². The summed E-state index contributed by atoms with van der Waals surface area (Å²) in [6, 6.07) is 8.75. The zero-order valence-corrected chi connectivity index (χ0v) is 15.3. The predicted molar refractivity (Wildman–Crippen MR) is 101 cm³/mol. The van der Waals surface area contributed by atoms with E-state index >= 15 is 0 Å². The average molecular weight is 368 g/mol. The minimum Gasteiger partial charge on any atom is -0.330 e. The summed E-state index contributed by atoms with van der Waals surface area (Å²) >= 11 is 0. The summed E-state index contributed by atoms with van der Waals surface area (Å²) in [7, 11) is 0. The van der Waals surface area contributed by atoms with Crippen molar-refractivity contribution in [3.63, 3.8) is 0 Å². The maximum absolute atomic E-state index is 13.1. The van der Waals surface area contributed by atoms with Gasteiger partial charge in [-0.25, -0.2) is 9.38 Å². The van der Waals surface area contributed by atoms with Crippen molar-refractivity contribution in [2.75, 3.05) is 5.32 Å². The quantitative estimate of drug-likeness (QED) is 0.333. The van der Waals surface area contributed by atoms with Crippen LogP contribution in [0.15, 0.2) is 53.8 Å². The van der Waals surface area contributed by atoms with Gasteiger partial charge in [-0.1, -0.05) is 20.8 Å². The number of anilines is 1. The standard InChI is InChI=1S/C19H21FN6O/c1-19(2,3)17(25-16(27)13-6-8-14(20)9-7-13)26-18(23-12-21)24-15-5-4-10-22-11-15/h4-11,17H,1-3H3,(H,25,27)(H2,23,24,26). The van der Waals surface area contributed by atoms with Crippen molar-refractivity contribution < 1.29 is 9.18 Å². The zero-order valence-electron chi connectivity index (χ0n) is 15.3. The summed E-state index contributed by atoms with van der Waals surface area (Å²) in [5.74, 6) is -0.640. The SMILES string of the molecule is CC(C)(C)C(N=C(NC#N)Nc1cccnc1)NC(=O)c1ccc(F)cc1. The highest BCUT2D eigenvalue weighted by molar-refractivity contribution is 5.96. The van der Waals surface area contributed by atoms with Gasteiger partial charge in [-0.05, 0) is 36.4 Å². The van der Waals surface area contributed by atoms with Gasteiger partial charge in [0.05, 0.1) is 11.9 Å². The Morgan fingerprint density at radius 3 is 2.52 bits per heavy atom. The van der Waals surface area contributed by atoms with Crippen molar-refractivity contribution in [1.29, 1.82) is 5.26 Å². The van der Waals surface area contributed by atoms with E-state index in [9.17, 15) is 9.18 Å². The molecule has 0 aliphatic rings. The number of aliphatic imine (C=N–C) groups is 1. The molecule has 0 aliphatic heterocycles. The predicted octanol–water partition coefficient (Wildman–Crippen LogP) is 2.86. The number of halogens is 1. The molecule has 1 heterocycles. The van der Waals surface area contributed by atoms with Gasteiger partial charge in [0, 0.05) is 17.2 Å². The Labute approximate surface area is 157 Å². The maximum Gasteiger partial charge on any atom is 0.252 e. The topological polar surface area (TPSA) is 102 Å². The summed E-state index contributed by atoms with van der Waals surface area (Å²) in [5.41, 5.74) is 0.502. The zero-order chi connectivity index (χ0) is 19.9. The number of nitrogens with zero attached hydrogens (tertiary/aromatic N) is 3. The Morgan fingerprint density at radius 1 is 1.26 bits per heavy atom. The number of pyridine rings is 1. The number of nitriles is 1. The second-order valence-corrected chi connectivity index (χ2v) is 6.83. The summed E-state index contributed by atoms with van der Waals surface area (Å²) in [5, 5.41) is 17.2. The number of carbonyl (C=O) groups excluding carboxylic acids is 1. The van der Waals surface area contributed by atoms with E-state index in [1.807, 2.05) is 27.0 Å². The van der Waals surface area contributed by atoms with E-state index in [0.717, 1.165) is 0 Å². The number of carbonyl (C=O) groups is 1. The molecule has 8 heteroatoms. The molecule has 1 atom stereocenters. The Morgan fingerprint density at radius 2 is 1.96 bits per heavy atom. The lowest BCUT2D eigenvalue weighted by molar-refractivity contribution is 0.0906. The lowest BCUT2D eigenvalue weighted by Gasteiger charge is -2.29. The van der Waals surface area contributed by atoms with E-state index in [0.29, 0.717) is 11.3 Å². The summed E-state index contributed by atoms with van der Waals surface area (Å²) in [6.45, 7) is 5.71. The molecule has 7 nitrogen and oxygen atoms in total. The Kier molecular flexibility index (Phi) is 6.44. The van der Waals surface area contributed by atoms with E-state index in [2.05, 4.69) is 25.9 Å². The third-order valence-electron chi connectivity index (χ3n) is 3.55. The van der Waals surface area contributed by atoms with E-state index in [4.69, 9.17) is 5.26 Å². The molecule has 2 rings (SSSR count). The lowest BCUT2D eigenvalue weighted by atomic mass is 9.92. The van der Waals surface area contributed by atoms with Crippen LogP contribution in [-0.2, 0) is 0 Å². The number of rotatable bonds is 4. The van der Waals surface area contributed by atoms with Crippen LogP contribution < -0.4 is 16.0 Å². The maximum atomic E-state index is 13.1. The van der Waals surface area contributed by atoms with Gasteiger partial charge < -0.3 is 10.6 Å². The summed E-state index contributed by atoms with van der Waals surface area (Å²) in [6.07, 6.45) is 4.37. The first-order valence-electron chi connectivity index (χ1n) is 8.26. The molecule has 0 radical (unpaired) electrons. The van der Waals surface area contributed by atoms with Gasteiger partial charge in [-0.2, -0.15) is 5.26 Å². The molecule has 0 saturated carbocycles. The molecule has 0 saturated heterocycles. The molecular weight excluding hydrogens is 347 g/mol. The first-order chi connectivity index (χ1) is 12.8. The van der Waals surface area contributed by atoms with Crippen LogP contribution in [0.3, 0.4) is 0 Å². The summed E-state index contributed by atoms with van der Waals surface area (Å²) in [4.78, 5) is 20.9. The fraction of sp³-hybridized carbons (Fsp3) is 0.263. The number of benzene rings is 1. The molecule has 0 bridgehead atoms. The molecule has 3 N–H and O–H groups in total. The molecule has 140 valence electrons. The third kappa shape index (κ3) is 6.08. The molecule has 1 amide bonds. The number of nitrogens with one attached hydrogen (secondary N) is 3. The fourth-order valence-corrected chi connectivity index (χ4v) is 2.10. The highest BCUT2D eigenvalue weighted by Gasteiger charge is 2.27. The molecule has 1 aromatic carbocycles. The third-order valence-corrected chi connectivity index (χ3v) is 3.55. The average Bonchev–Trinajstić information content (AvgIpc) is 2.62. The van der Waals surface area contributed by atoms with Crippen molar-refractivity contribution in [1.82, 2.24) is 15.6 Å². The van der Waals surface area contributed by atoms with Crippen molar-refractivity contribution in [3.8, 4) is 6.19 Å². The minimum atomic E-state index is -0.657. The highest BCUT2D eigenvalue weighted by atomic mass is 19.1. The van der Waals surface area contributed by atoms with Gasteiger partial charge in [0.1, 0.15) is 12.0 Å². The number of hydrogen-bond acceptors (Lipinski definition) is 4. The van der Waals surface area contributed by atoms with Crippen molar-refractivity contribution >= 4 is 17.6 Å². The molecular formula is C19H21FN6O. The van der Waals surface area contributed by atoms with E-state index < -0.39 is 23.3 Å². The molecule has 2 aromatic rings. The van der Waals surface area contributed by atoms with E-state index in [1.165, 1.54) is 24.3 Å². The molecule has 0 aliphatic carbocycles.